The number of allylic oxidation sites excluding steroid dienone is 2. The molecule has 0 spiro atoms. The summed E-state index contributed by atoms with van der Waals surface area (Å²) < 4.78 is 10.4. The standard InChI is InChI=1S/C31H37N7O5/c1-4-23-26(27(38(29(32)40)30(41)34-23)21-11-12-24-25(19-21)36-43-35-24)28(39)33-15-8-16-37-17-13-31(14-18-37,20(2)42-3)22-9-6-5-7-10-22/h5-7,9-12,19,27H,2,4,8,13-18H2,1,3H3,(H2,32,40)(H,33,39)(H,34,41). The Morgan fingerprint density at radius 2 is 1.88 bits per heavy atom. The molecule has 12 nitrogen and oxygen atoms in total. The van der Waals surface area contributed by atoms with Crippen molar-refractivity contribution in [1.82, 2.24) is 30.7 Å². The highest BCUT2D eigenvalue weighted by atomic mass is 16.6. The molecule has 12 heteroatoms. The normalized spacial score (nSPS) is 18.8. The molecule has 3 heterocycles. The molecule has 1 aromatic heterocycles. The molecule has 0 radical (unpaired) electrons. The Hall–Kier alpha value is -4.71. The lowest BCUT2D eigenvalue weighted by Gasteiger charge is -2.42. The Morgan fingerprint density at radius 1 is 1.16 bits per heavy atom. The Labute approximate surface area is 249 Å². The first kappa shape index (κ1) is 29.8. The number of rotatable bonds is 10. The van der Waals surface area contributed by atoms with E-state index in [1.165, 1.54) is 5.56 Å². The van der Waals surface area contributed by atoms with E-state index in [-0.39, 0.29) is 16.9 Å². The van der Waals surface area contributed by atoms with E-state index in [1.54, 1.807) is 25.3 Å². The van der Waals surface area contributed by atoms with E-state index in [4.69, 9.17) is 15.1 Å². The number of urea groups is 2. The summed E-state index contributed by atoms with van der Waals surface area (Å²) in [6.07, 6.45) is 2.86. The number of methoxy groups -OCH3 is 1. The number of nitrogens with zero attached hydrogens (tertiary/aromatic N) is 4. The van der Waals surface area contributed by atoms with E-state index in [0.717, 1.165) is 49.6 Å². The number of carbonyl (C=O) groups excluding carboxylic acids is 3. The number of carbonyl (C=O) groups is 3. The summed E-state index contributed by atoms with van der Waals surface area (Å²) in [4.78, 5) is 42.2. The van der Waals surface area contributed by atoms with Crippen molar-refractivity contribution < 1.29 is 23.7 Å². The summed E-state index contributed by atoms with van der Waals surface area (Å²) in [6.45, 7) is 9.00. The highest BCUT2D eigenvalue weighted by Crippen LogP contribution is 2.41. The number of hydrogen-bond acceptors (Lipinski definition) is 8. The number of fused-ring (bicyclic) bond motifs is 1. The van der Waals surface area contributed by atoms with Gasteiger partial charge in [0.2, 0.25) is 0 Å². The van der Waals surface area contributed by atoms with Crippen LogP contribution in [0.3, 0.4) is 0 Å². The van der Waals surface area contributed by atoms with Crippen LogP contribution in [-0.4, -0.2) is 71.4 Å². The number of likely N-dealkylation sites (tertiary alicyclic amines) is 1. The van der Waals surface area contributed by atoms with Crippen molar-refractivity contribution in [3.8, 4) is 0 Å². The van der Waals surface area contributed by atoms with Crippen molar-refractivity contribution in [2.75, 3.05) is 33.3 Å². The lowest BCUT2D eigenvalue weighted by Crippen LogP contribution is -2.54. The van der Waals surface area contributed by atoms with Crippen LogP contribution in [0.4, 0.5) is 9.59 Å². The van der Waals surface area contributed by atoms with Crippen molar-refractivity contribution in [1.29, 1.82) is 0 Å². The monoisotopic (exact) mass is 587 g/mol. The van der Waals surface area contributed by atoms with Gasteiger partial charge in [0.1, 0.15) is 17.1 Å². The van der Waals surface area contributed by atoms with Crippen LogP contribution in [-0.2, 0) is 14.9 Å². The van der Waals surface area contributed by atoms with Gasteiger partial charge in [-0.05, 0) is 78.9 Å². The molecule has 0 aliphatic carbocycles. The van der Waals surface area contributed by atoms with E-state index >= 15 is 0 Å². The molecule has 4 N–H and O–H groups in total. The third-order valence-corrected chi connectivity index (χ3v) is 8.52. The quantitative estimate of drug-likeness (QED) is 0.239. The van der Waals surface area contributed by atoms with Gasteiger partial charge < -0.3 is 26.0 Å². The predicted octanol–water partition coefficient (Wildman–Crippen LogP) is 3.73. The number of nitrogens with two attached hydrogens (primary N) is 1. The largest absolute Gasteiger partial charge is 0.501 e. The van der Waals surface area contributed by atoms with Crippen LogP contribution in [0.2, 0.25) is 0 Å². The molecule has 1 atom stereocenters. The minimum Gasteiger partial charge on any atom is -0.501 e. The van der Waals surface area contributed by atoms with Gasteiger partial charge in [-0.1, -0.05) is 49.9 Å². The average molecular weight is 588 g/mol. The molecular weight excluding hydrogens is 550 g/mol. The van der Waals surface area contributed by atoms with E-state index in [9.17, 15) is 14.4 Å². The molecule has 1 unspecified atom stereocenters. The van der Waals surface area contributed by atoms with E-state index in [2.05, 4.69) is 44.6 Å². The summed E-state index contributed by atoms with van der Waals surface area (Å²) in [6, 6.07) is 12.6. The van der Waals surface area contributed by atoms with Gasteiger partial charge in [0, 0.05) is 12.2 Å². The fourth-order valence-electron chi connectivity index (χ4n) is 6.16. The second-order valence-corrected chi connectivity index (χ2v) is 10.8. The van der Waals surface area contributed by atoms with Crippen molar-refractivity contribution in [3.63, 3.8) is 0 Å². The summed E-state index contributed by atoms with van der Waals surface area (Å²) in [7, 11) is 1.68. The zero-order chi connectivity index (χ0) is 30.6. The Balaban J connectivity index is 1.26. The molecule has 2 aliphatic heterocycles. The second-order valence-electron chi connectivity index (χ2n) is 10.8. The van der Waals surface area contributed by atoms with Crippen LogP contribution in [0.15, 0.2) is 76.8 Å². The van der Waals surface area contributed by atoms with Crippen LogP contribution in [0.1, 0.15) is 49.8 Å². The second kappa shape index (κ2) is 12.7. The molecule has 2 aliphatic rings. The lowest BCUT2D eigenvalue weighted by molar-refractivity contribution is -0.118. The van der Waals surface area contributed by atoms with Gasteiger partial charge in [-0.3, -0.25) is 4.79 Å². The van der Waals surface area contributed by atoms with Crippen molar-refractivity contribution in [2.45, 2.75) is 44.1 Å². The minimum absolute atomic E-state index is 0.221. The van der Waals surface area contributed by atoms with Crippen LogP contribution in [0.25, 0.3) is 11.0 Å². The number of ether oxygens (including phenoxy) is 1. The Kier molecular flexibility index (Phi) is 8.76. The first-order chi connectivity index (χ1) is 20.8. The topological polar surface area (TPSA) is 156 Å². The number of piperidine rings is 1. The van der Waals surface area contributed by atoms with Crippen molar-refractivity contribution >= 4 is 29.0 Å². The summed E-state index contributed by atoms with van der Waals surface area (Å²) in [5.41, 5.74) is 8.71. The molecule has 0 bridgehead atoms. The van der Waals surface area contributed by atoms with Gasteiger partial charge >= 0.3 is 12.1 Å². The maximum Gasteiger partial charge on any atom is 0.330 e. The highest BCUT2D eigenvalue weighted by Gasteiger charge is 2.42. The molecule has 43 heavy (non-hydrogen) atoms. The number of nitrogens with one attached hydrogen (secondary N) is 2. The van der Waals surface area contributed by atoms with Gasteiger partial charge in [-0.25, -0.2) is 19.1 Å². The smallest absolute Gasteiger partial charge is 0.330 e. The summed E-state index contributed by atoms with van der Waals surface area (Å²) in [5, 5.41) is 13.3. The molecule has 0 saturated carbocycles. The predicted molar refractivity (Wildman–Crippen MR) is 159 cm³/mol. The van der Waals surface area contributed by atoms with Crippen LogP contribution in [0, 0.1) is 0 Å². The van der Waals surface area contributed by atoms with Gasteiger partial charge in [-0.2, -0.15) is 0 Å². The molecule has 3 aromatic rings. The number of aromatic nitrogens is 2. The van der Waals surface area contributed by atoms with Gasteiger partial charge in [0.05, 0.1) is 23.9 Å². The van der Waals surface area contributed by atoms with E-state index < -0.39 is 18.1 Å². The molecule has 2 aromatic carbocycles. The number of imide groups is 1. The van der Waals surface area contributed by atoms with Crippen molar-refractivity contribution in [3.05, 3.63) is 83.3 Å². The number of amides is 5. The maximum atomic E-state index is 13.7. The molecule has 5 rings (SSSR count). The maximum absolute atomic E-state index is 13.7. The zero-order valence-corrected chi connectivity index (χ0v) is 24.5. The molecule has 1 saturated heterocycles. The number of benzene rings is 2. The van der Waals surface area contributed by atoms with E-state index in [1.807, 2.05) is 25.1 Å². The summed E-state index contributed by atoms with van der Waals surface area (Å²) >= 11 is 0. The Morgan fingerprint density at radius 3 is 2.56 bits per heavy atom. The van der Waals surface area contributed by atoms with Crippen LogP contribution >= 0.6 is 0 Å². The SMILES string of the molecule is C=C(OC)C1(c2ccccc2)CCN(CCCNC(=O)C2=C(CC)NC(=O)N(C(N)=O)C2c2ccc3nonc3c2)CC1. The molecular formula is C31H37N7O5. The van der Waals surface area contributed by atoms with Gasteiger partial charge in [0.25, 0.3) is 5.91 Å². The number of hydrogen-bond donors (Lipinski definition) is 3. The van der Waals surface area contributed by atoms with Crippen molar-refractivity contribution in [2.24, 2.45) is 5.73 Å². The number of primary amides is 1. The molecule has 1 fully saturated rings. The Bertz CT molecular complexity index is 1540. The minimum atomic E-state index is -1.04. The molecule has 226 valence electrons. The third-order valence-electron chi connectivity index (χ3n) is 8.52. The zero-order valence-electron chi connectivity index (χ0n) is 24.5. The van der Waals surface area contributed by atoms with E-state index in [0.29, 0.717) is 35.3 Å². The van der Waals surface area contributed by atoms with Crippen LogP contribution < -0.4 is 16.4 Å². The lowest BCUT2D eigenvalue weighted by atomic mass is 9.71. The third kappa shape index (κ3) is 5.82. The van der Waals surface area contributed by atoms with Crippen LogP contribution in [0.5, 0.6) is 0 Å². The molecule has 5 amide bonds. The fraction of sp³-hybridized carbons (Fsp3) is 0.387. The van der Waals surface area contributed by atoms with Gasteiger partial charge in [0.15, 0.2) is 0 Å². The fourth-order valence-corrected chi connectivity index (χ4v) is 6.16. The highest BCUT2D eigenvalue weighted by molar-refractivity contribution is 6.03. The summed E-state index contributed by atoms with van der Waals surface area (Å²) in [5.74, 6) is 0.397. The first-order valence-corrected chi connectivity index (χ1v) is 14.4. The van der Waals surface area contributed by atoms with Gasteiger partial charge in [-0.15, -0.1) is 0 Å². The first-order valence-electron chi connectivity index (χ1n) is 14.4. The average Bonchev–Trinajstić information content (AvgIpc) is 3.50.